The Morgan fingerprint density at radius 1 is 1.50 bits per heavy atom. The van der Waals surface area contributed by atoms with Gasteiger partial charge in [0.2, 0.25) is 5.91 Å². The molecule has 18 heavy (non-hydrogen) atoms. The SMILES string of the molecule is Cc1cc2c(cc1N)N(C(=O)C1CCOC1)CC2. The molecule has 1 saturated heterocycles. The summed E-state index contributed by atoms with van der Waals surface area (Å²) >= 11 is 0. The quantitative estimate of drug-likeness (QED) is 0.764. The molecule has 0 bridgehead atoms. The van der Waals surface area contributed by atoms with Crippen LogP contribution in [0.4, 0.5) is 11.4 Å². The fraction of sp³-hybridized carbons (Fsp3) is 0.500. The van der Waals surface area contributed by atoms with E-state index >= 15 is 0 Å². The normalized spacial score (nSPS) is 22.3. The molecule has 0 spiro atoms. The average molecular weight is 246 g/mol. The van der Waals surface area contributed by atoms with Crippen LogP contribution in [0.15, 0.2) is 12.1 Å². The van der Waals surface area contributed by atoms with E-state index < -0.39 is 0 Å². The number of carbonyl (C=O) groups is 1. The van der Waals surface area contributed by atoms with E-state index in [9.17, 15) is 4.79 Å². The number of anilines is 2. The third kappa shape index (κ3) is 1.77. The minimum atomic E-state index is 0.0264. The second-order valence-corrected chi connectivity index (χ2v) is 5.14. The lowest BCUT2D eigenvalue weighted by molar-refractivity contribution is -0.122. The molecular formula is C14H18N2O2. The molecule has 1 fully saturated rings. The number of carbonyl (C=O) groups excluding carboxylic acids is 1. The van der Waals surface area contributed by atoms with Gasteiger partial charge in [-0.3, -0.25) is 4.79 Å². The van der Waals surface area contributed by atoms with Gasteiger partial charge in [-0.1, -0.05) is 6.07 Å². The molecule has 1 unspecified atom stereocenters. The van der Waals surface area contributed by atoms with Crippen LogP contribution in [-0.2, 0) is 16.0 Å². The average Bonchev–Trinajstić information content (AvgIpc) is 2.98. The Balaban J connectivity index is 1.89. The third-order valence-corrected chi connectivity index (χ3v) is 3.91. The van der Waals surface area contributed by atoms with Crippen molar-refractivity contribution in [2.24, 2.45) is 5.92 Å². The molecule has 0 aliphatic carbocycles. The molecule has 0 aromatic heterocycles. The van der Waals surface area contributed by atoms with Crippen molar-refractivity contribution in [2.75, 3.05) is 30.4 Å². The molecule has 2 N–H and O–H groups in total. The summed E-state index contributed by atoms with van der Waals surface area (Å²) in [6.45, 7) is 4.04. The summed E-state index contributed by atoms with van der Waals surface area (Å²) in [5, 5.41) is 0. The lowest BCUT2D eigenvalue weighted by atomic mass is 10.1. The Bertz CT molecular complexity index is 493. The largest absolute Gasteiger partial charge is 0.398 e. The maximum Gasteiger partial charge on any atom is 0.232 e. The fourth-order valence-electron chi connectivity index (χ4n) is 2.76. The topological polar surface area (TPSA) is 55.6 Å². The van der Waals surface area contributed by atoms with Crippen LogP contribution >= 0.6 is 0 Å². The van der Waals surface area contributed by atoms with Crippen molar-refractivity contribution in [1.29, 1.82) is 0 Å². The smallest absolute Gasteiger partial charge is 0.232 e. The second kappa shape index (κ2) is 4.28. The molecule has 2 aliphatic rings. The van der Waals surface area contributed by atoms with Gasteiger partial charge in [0, 0.05) is 24.5 Å². The maximum atomic E-state index is 12.4. The van der Waals surface area contributed by atoms with E-state index in [4.69, 9.17) is 10.5 Å². The van der Waals surface area contributed by atoms with E-state index in [0.717, 1.165) is 36.3 Å². The summed E-state index contributed by atoms with van der Waals surface area (Å²) in [5.74, 6) is 0.216. The zero-order valence-electron chi connectivity index (χ0n) is 10.6. The van der Waals surface area contributed by atoms with Gasteiger partial charge >= 0.3 is 0 Å². The molecular weight excluding hydrogens is 228 g/mol. The third-order valence-electron chi connectivity index (χ3n) is 3.91. The minimum Gasteiger partial charge on any atom is -0.398 e. The number of hydrogen-bond donors (Lipinski definition) is 1. The zero-order valence-corrected chi connectivity index (χ0v) is 10.6. The first kappa shape index (κ1) is 11.5. The Kier molecular flexibility index (Phi) is 2.74. The summed E-state index contributed by atoms with van der Waals surface area (Å²) in [4.78, 5) is 14.3. The van der Waals surface area contributed by atoms with E-state index in [0.29, 0.717) is 13.2 Å². The number of amides is 1. The van der Waals surface area contributed by atoms with Crippen molar-refractivity contribution in [3.05, 3.63) is 23.3 Å². The number of hydrogen-bond acceptors (Lipinski definition) is 3. The van der Waals surface area contributed by atoms with Gasteiger partial charge in [0.25, 0.3) is 0 Å². The molecule has 0 saturated carbocycles. The number of fused-ring (bicyclic) bond motifs is 1. The van der Waals surface area contributed by atoms with Gasteiger partial charge in [0.15, 0.2) is 0 Å². The maximum absolute atomic E-state index is 12.4. The molecule has 1 atom stereocenters. The molecule has 1 aromatic rings. The summed E-state index contributed by atoms with van der Waals surface area (Å²) in [5.41, 5.74) is 10.0. The zero-order chi connectivity index (χ0) is 12.7. The number of aryl methyl sites for hydroxylation is 1. The van der Waals surface area contributed by atoms with Gasteiger partial charge in [-0.05, 0) is 37.0 Å². The van der Waals surface area contributed by atoms with Crippen LogP contribution in [-0.4, -0.2) is 25.7 Å². The van der Waals surface area contributed by atoms with Crippen molar-refractivity contribution < 1.29 is 9.53 Å². The summed E-state index contributed by atoms with van der Waals surface area (Å²) in [6.07, 6.45) is 1.77. The number of rotatable bonds is 1. The van der Waals surface area contributed by atoms with Gasteiger partial charge in [-0.15, -0.1) is 0 Å². The van der Waals surface area contributed by atoms with Crippen LogP contribution in [0.3, 0.4) is 0 Å². The number of ether oxygens (including phenoxy) is 1. The molecule has 2 aliphatic heterocycles. The monoisotopic (exact) mass is 246 g/mol. The fourth-order valence-corrected chi connectivity index (χ4v) is 2.76. The first-order valence-corrected chi connectivity index (χ1v) is 6.45. The molecule has 3 rings (SSSR count). The van der Waals surface area contributed by atoms with E-state index in [1.165, 1.54) is 5.56 Å². The lowest BCUT2D eigenvalue weighted by Crippen LogP contribution is -2.35. The Hall–Kier alpha value is -1.55. The highest BCUT2D eigenvalue weighted by molar-refractivity contribution is 5.97. The van der Waals surface area contributed by atoms with Crippen molar-refractivity contribution in [3.8, 4) is 0 Å². The predicted molar refractivity (Wildman–Crippen MR) is 70.6 cm³/mol. The number of benzene rings is 1. The molecule has 4 nitrogen and oxygen atoms in total. The van der Waals surface area contributed by atoms with E-state index in [-0.39, 0.29) is 11.8 Å². The first-order valence-electron chi connectivity index (χ1n) is 6.45. The molecule has 1 amide bonds. The van der Waals surface area contributed by atoms with Gasteiger partial charge < -0.3 is 15.4 Å². The molecule has 2 heterocycles. The van der Waals surface area contributed by atoms with Crippen LogP contribution in [0.1, 0.15) is 17.5 Å². The van der Waals surface area contributed by atoms with Crippen molar-refractivity contribution in [2.45, 2.75) is 19.8 Å². The van der Waals surface area contributed by atoms with Gasteiger partial charge in [0.1, 0.15) is 0 Å². The Morgan fingerprint density at radius 2 is 2.33 bits per heavy atom. The highest BCUT2D eigenvalue weighted by Crippen LogP contribution is 2.33. The summed E-state index contributed by atoms with van der Waals surface area (Å²) in [7, 11) is 0. The standard InChI is InChI=1S/C14H18N2O2/c1-9-6-10-2-4-16(13(10)7-12(9)15)14(17)11-3-5-18-8-11/h6-7,11H,2-5,8,15H2,1H3. The summed E-state index contributed by atoms with van der Waals surface area (Å²) in [6, 6.07) is 4.04. The van der Waals surface area contributed by atoms with Crippen molar-refractivity contribution in [1.82, 2.24) is 0 Å². The Morgan fingerprint density at radius 3 is 3.06 bits per heavy atom. The van der Waals surface area contributed by atoms with Gasteiger partial charge in [-0.2, -0.15) is 0 Å². The number of nitrogens with two attached hydrogens (primary N) is 1. The second-order valence-electron chi connectivity index (χ2n) is 5.14. The van der Waals surface area contributed by atoms with Crippen molar-refractivity contribution in [3.63, 3.8) is 0 Å². The Labute approximate surface area is 107 Å². The molecule has 4 heteroatoms. The highest BCUT2D eigenvalue weighted by Gasteiger charge is 2.32. The van der Waals surface area contributed by atoms with Crippen LogP contribution < -0.4 is 10.6 Å². The van der Waals surface area contributed by atoms with Crippen LogP contribution in [0.5, 0.6) is 0 Å². The van der Waals surface area contributed by atoms with Gasteiger partial charge in [0.05, 0.1) is 12.5 Å². The number of nitrogen functional groups attached to an aromatic ring is 1. The van der Waals surface area contributed by atoms with Gasteiger partial charge in [-0.25, -0.2) is 0 Å². The minimum absolute atomic E-state index is 0.0264. The van der Waals surface area contributed by atoms with E-state index in [2.05, 4.69) is 6.07 Å². The van der Waals surface area contributed by atoms with Crippen LogP contribution in [0.2, 0.25) is 0 Å². The first-order chi connectivity index (χ1) is 8.66. The van der Waals surface area contributed by atoms with Crippen molar-refractivity contribution >= 4 is 17.3 Å². The molecule has 96 valence electrons. The van der Waals surface area contributed by atoms with E-state index in [1.807, 2.05) is 17.9 Å². The highest BCUT2D eigenvalue weighted by atomic mass is 16.5. The van der Waals surface area contributed by atoms with Crippen LogP contribution in [0.25, 0.3) is 0 Å². The van der Waals surface area contributed by atoms with E-state index in [1.54, 1.807) is 0 Å². The van der Waals surface area contributed by atoms with Crippen LogP contribution in [0, 0.1) is 12.8 Å². The number of nitrogens with zero attached hydrogens (tertiary/aromatic N) is 1. The predicted octanol–water partition coefficient (Wildman–Crippen LogP) is 1.50. The lowest BCUT2D eigenvalue weighted by Gasteiger charge is -2.21. The summed E-state index contributed by atoms with van der Waals surface area (Å²) < 4.78 is 5.30. The molecule has 1 aromatic carbocycles. The molecule has 0 radical (unpaired) electrons.